The third kappa shape index (κ3) is 2.52. The van der Waals surface area contributed by atoms with Gasteiger partial charge in [-0.3, -0.25) is 10.1 Å². The summed E-state index contributed by atoms with van der Waals surface area (Å²) in [6, 6.07) is 4.89. The molecular weight excluding hydrogens is 248 g/mol. The minimum Gasteiger partial charge on any atom is -0.330 e. The first-order valence-electron chi connectivity index (χ1n) is 4.19. The van der Waals surface area contributed by atoms with Crippen molar-refractivity contribution in [2.24, 2.45) is 5.73 Å². The molecule has 0 radical (unpaired) electrons. The molecule has 0 amide bonds. The standard InChI is InChI=1S/C9H11BrN2O2/c1-6(5-11)7-2-8(10)4-9(3-7)12(13)14/h2-4,6H,5,11H2,1H3. The Morgan fingerprint density at radius 3 is 2.71 bits per heavy atom. The molecular formula is C9H11BrN2O2. The van der Waals surface area contributed by atoms with E-state index in [4.69, 9.17) is 5.73 Å². The lowest BCUT2D eigenvalue weighted by molar-refractivity contribution is -0.385. The summed E-state index contributed by atoms with van der Waals surface area (Å²) in [7, 11) is 0. The van der Waals surface area contributed by atoms with Crippen molar-refractivity contribution in [2.45, 2.75) is 12.8 Å². The zero-order chi connectivity index (χ0) is 10.7. The van der Waals surface area contributed by atoms with Crippen molar-refractivity contribution in [3.05, 3.63) is 38.3 Å². The van der Waals surface area contributed by atoms with Gasteiger partial charge in [0.2, 0.25) is 0 Å². The summed E-state index contributed by atoms with van der Waals surface area (Å²) in [6.07, 6.45) is 0. The maximum Gasteiger partial charge on any atom is 0.270 e. The fourth-order valence-corrected chi connectivity index (χ4v) is 1.62. The van der Waals surface area contributed by atoms with Crippen LogP contribution in [-0.4, -0.2) is 11.5 Å². The van der Waals surface area contributed by atoms with Crippen LogP contribution in [0.2, 0.25) is 0 Å². The number of rotatable bonds is 3. The zero-order valence-corrected chi connectivity index (χ0v) is 9.32. The van der Waals surface area contributed by atoms with Gasteiger partial charge in [-0.2, -0.15) is 0 Å². The molecule has 1 unspecified atom stereocenters. The van der Waals surface area contributed by atoms with Gasteiger partial charge in [-0.1, -0.05) is 22.9 Å². The van der Waals surface area contributed by atoms with Crippen molar-refractivity contribution in [2.75, 3.05) is 6.54 Å². The van der Waals surface area contributed by atoms with E-state index in [0.717, 1.165) is 5.56 Å². The van der Waals surface area contributed by atoms with Gasteiger partial charge >= 0.3 is 0 Å². The number of benzene rings is 1. The van der Waals surface area contributed by atoms with Gasteiger partial charge in [0.05, 0.1) is 4.92 Å². The van der Waals surface area contributed by atoms with Crippen LogP contribution >= 0.6 is 15.9 Å². The Balaban J connectivity index is 3.13. The zero-order valence-electron chi connectivity index (χ0n) is 7.74. The Labute approximate surface area is 90.4 Å². The smallest absolute Gasteiger partial charge is 0.270 e. The first kappa shape index (κ1) is 11.1. The highest BCUT2D eigenvalue weighted by Crippen LogP contribution is 2.25. The van der Waals surface area contributed by atoms with Gasteiger partial charge in [0, 0.05) is 16.6 Å². The summed E-state index contributed by atoms with van der Waals surface area (Å²) in [6.45, 7) is 2.42. The van der Waals surface area contributed by atoms with Gasteiger partial charge in [0.25, 0.3) is 5.69 Å². The Kier molecular flexibility index (Phi) is 3.60. The average molecular weight is 259 g/mol. The van der Waals surface area contributed by atoms with Gasteiger partial charge in [-0.15, -0.1) is 0 Å². The number of nitro benzene ring substituents is 1. The summed E-state index contributed by atoms with van der Waals surface area (Å²) in [5.41, 5.74) is 6.47. The number of halogens is 1. The lowest BCUT2D eigenvalue weighted by atomic mass is 10.0. The molecule has 0 bridgehead atoms. The third-order valence-electron chi connectivity index (χ3n) is 2.04. The van der Waals surface area contributed by atoms with Crippen molar-refractivity contribution in [3.63, 3.8) is 0 Å². The summed E-state index contributed by atoms with van der Waals surface area (Å²) in [5.74, 6) is 0.131. The molecule has 1 aromatic carbocycles. The van der Waals surface area contributed by atoms with Crippen LogP contribution < -0.4 is 5.73 Å². The molecule has 4 nitrogen and oxygen atoms in total. The third-order valence-corrected chi connectivity index (χ3v) is 2.50. The molecule has 0 saturated heterocycles. The van der Waals surface area contributed by atoms with Crippen LogP contribution in [0.5, 0.6) is 0 Å². The molecule has 0 spiro atoms. The van der Waals surface area contributed by atoms with Crippen LogP contribution in [0.3, 0.4) is 0 Å². The molecule has 76 valence electrons. The predicted octanol–water partition coefficient (Wildman–Crippen LogP) is 2.42. The number of hydrogen-bond donors (Lipinski definition) is 1. The minimum atomic E-state index is -0.405. The van der Waals surface area contributed by atoms with E-state index in [-0.39, 0.29) is 11.6 Å². The number of non-ortho nitro benzene ring substituents is 1. The molecule has 5 heteroatoms. The molecule has 0 aliphatic rings. The van der Waals surface area contributed by atoms with Gasteiger partial charge in [-0.25, -0.2) is 0 Å². The minimum absolute atomic E-state index is 0.0923. The van der Waals surface area contributed by atoms with Gasteiger partial charge in [0.1, 0.15) is 0 Å². The highest BCUT2D eigenvalue weighted by Gasteiger charge is 2.11. The highest BCUT2D eigenvalue weighted by molar-refractivity contribution is 9.10. The molecule has 2 N–H and O–H groups in total. The molecule has 0 fully saturated rings. The van der Waals surface area contributed by atoms with Crippen LogP contribution in [-0.2, 0) is 0 Å². The van der Waals surface area contributed by atoms with E-state index in [1.54, 1.807) is 6.07 Å². The van der Waals surface area contributed by atoms with Crippen LogP contribution in [0.25, 0.3) is 0 Å². The molecule has 1 aromatic rings. The predicted molar refractivity (Wildman–Crippen MR) is 58.3 cm³/mol. The lowest BCUT2D eigenvalue weighted by Crippen LogP contribution is -2.09. The van der Waals surface area contributed by atoms with Crippen LogP contribution in [0.15, 0.2) is 22.7 Å². The van der Waals surface area contributed by atoms with E-state index in [1.165, 1.54) is 6.07 Å². The van der Waals surface area contributed by atoms with Crippen molar-refractivity contribution < 1.29 is 4.92 Å². The fourth-order valence-electron chi connectivity index (χ4n) is 1.12. The van der Waals surface area contributed by atoms with Gasteiger partial charge < -0.3 is 5.73 Å². The maximum atomic E-state index is 10.6. The normalized spacial score (nSPS) is 12.5. The second-order valence-corrected chi connectivity index (χ2v) is 4.05. The number of hydrogen-bond acceptors (Lipinski definition) is 3. The summed E-state index contributed by atoms with van der Waals surface area (Å²) in [4.78, 5) is 10.2. The second kappa shape index (κ2) is 4.52. The van der Waals surface area contributed by atoms with Crippen molar-refractivity contribution in [1.29, 1.82) is 0 Å². The molecule has 0 aromatic heterocycles. The topological polar surface area (TPSA) is 69.2 Å². The summed E-state index contributed by atoms with van der Waals surface area (Å²) >= 11 is 3.23. The highest BCUT2D eigenvalue weighted by atomic mass is 79.9. The van der Waals surface area contributed by atoms with Crippen LogP contribution in [0, 0.1) is 10.1 Å². The van der Waals surface area contributed by atoms with E-state index in [2.05, 4.69) is 15.9 Å². The van der Waals surface area contributed by atoms with Gasteiger partial charge in [0.15, 0.2) is 0 Å². The van der Waals surface area contributed by atoms with E-state index >= 15 is 0 Å². The Morgan fingerprint density at radius 2 is 2.21 bits per heavy atom. The van der Waals surface area contributed by atoms with Crippen molar-refractivity contribution in [3.8, 4) is 0 Å². The SMILES string of the molecule is CC(CN)c1cc(Br)cc([N+](=O)[O-])c1. The second-order valence-electron chi connectivity index (χ2n) is 3.14. The number of nitro groups is 1. The van der Waals surface area contributed by atoms with Crippen molar-refractivity contribution in [1.82, 2.24) is 0 Å². The largest absolute Gasteiger partial charge is 0.330 e. The van der Waals surface area contributed by atoms with E-state index in [9.17, 15) is 10.1 Å². The Bertz CT molecular complexity index is 355. The fraction of sp³-hybridized carbons (Fsp3) is 0.333. The molecule has 1 atom stereocenters. The summed E-state index contributed by atoms with van der Waals surface area (Å²) < 4.78 is 0.710. The number of nitrogens with zero attached hydrogens (tertiary/aromatic N) is 1. The van der Waals surface area contributed by atoms with Crippen molar-refractivity contribution >= 4 is 21.6 Å². The Morgan fingerprint density at radius 1 is 1.57 bits per heavy atom. The molecule has 0 saturated carbocycles. The molecule has 0 aliphatic heterocycles. The van der Waals surface area contributed by atoms with Crippen LogP contribution in [0.4, 0.5) is 5.69 Å². The van der Waals surface area contributed by atoms with E-state index in [0.29, 0.717) is 11.0 Å². The quantitative estimate of drug-likeness (QED) is 0.669. The Hall–Kier alpha value is -0.940. The molecule has 0 aliphatic carbocycles. The monoisotopic (exact) mass is 258 g/mol. The molecule has 1 rings (SSSR count). The average Bonchev–Trinajstić information content (AvgIpc) is 2.15. The first-order valence-corrected chi connectivity index (χ1v) is 4.99. The number of nitrogens with two attached hydrogens (primary N) is 1. The van der Waals surface area contributed by atoms with Gasteiger partial charge in [-0.05, 0) is 24.1 Å². The van der Waals surface area contributed by atoms with Crippen LogP contribution in [0.1, 0.15) is 18.4 Å². The summed E-state index contributed by atoms with van der Waals surface area (Å²) in [5, 5.41) is 10.6. The molecule has 0 heterocycles. The first-order chi connectivity index (χ1) is 6.54. The van der Waals surface area contributed by atoms with E-state index in [1.807, 2.05) is 13.0 Å². The lowest BCUT2D eigenvalue weighted by Gasteiger charge is -2.08. The van der Waals surface area contributed by atoms with E-state index < -0.39 is 4.92 Å². The maximum absolute atomic E-state index is 10.6. The molecule has 14 heavy (non-hydrogen) atoms.